The zero-order valence-corrected chi connectivity index (χ0v) is 13.9. The van der Waals surface area contributed by atoms with Gasteiger partial charge >= 0.3 is 0 Å². The van der Waals surface area contributed by atoms with E-state index in [-0.39, 0.29) is 17.3 Å². The minimum absolute atomic E-state index is 0.178. The van der Waals surface area contributed by atoms with Crippen molar-refractivity contribution in [3.63, 3.8) is 0 Å². The lowest BCUT2D eigenvalue weighted by Gasteiger charge is -2.56. The van der Waals surface area contributed by atoms with E-state index in [9.17, 15) is 10.2 Å². The van der Waals surface area contributed by atoms with Gasteiger partial charge in [0.25, 0.3) is 0 Å². The van der Waals surface area contributed by atoms with E-state index < -0.39 is 6.10 Å². The van der Waals surface area contributed by atoms with Crippen molar-refractivity contribution >= 4 is 15.9 Å². The van der Waals surface area contributed by atoms with Gasteiger partial charge in [-0.25, -0.2) is 0 Å². The smallest absolute Gasteiger partial charge is 0.165 e. The molecule has 2 aliphatic heterocycles. The molecule has 5 atom stereocenters. The molecule has 1 spiro atoms. The molecule has 5 rings (SSSR count). The predicted molar refractivity (Wildman–Crippen MR) is 85.3 cm³/mol. The Morgan fingerprint density at radius 3 is 3.05 bits per heavy atom. The topological polar surface area (TPSA) is 52.9 Å². The van der Waals surface area contributed by atoms with Crippen LogP contribution in [0.2, 0.25) is 0 Å². The Balaban J connectivity index is 1.87. The lowest BCUT2D eigenvalue weighted by Crippen LogP contribution is -2.64. The van der Waals surface area contributed by atoms with Gasteiger partial charge < -0.3 is 19.8 Å². The fourth-order valence-electron chi connectivity index (χ4n) is 5.28. The second kappa shape index (κ2) is 4.08. The van der Waals surface area contributed by atoms with Crippen molar-refractivity contribution in [1.29, 1.82) is 0 Å². The molecule has 2 N–H and O–H groups in total. The number of hydrogen-bond donors (Lipinski definition) is 2. The van der Waals surface area contributed by atoms with Crippen LogP contribution in [0.1, 0.15) is 17.5 Å². The van der Waals surface area contributed by atoms with E-state index in [1.807, 2.05) is 6.08 Å². The van der Waals surface area contributed by atoms with Crippen LogP contribution in [0, 0.1) is 5.92 Å². The van der Waals surface area contributed by atoms with Crippen molar-refractivity contribution in [3.8, 4) is 11.5 Å². The van der Waals surface area contributed by atoms with Gasteiger partial charge in [0.1, 0.15) is 12.2 Å². The molecule has 5 unspecified atom stereocenters. The van der Waals surface area contributed by atoms with Gasteiger partial charge in [-0.2, -0.15) is 0 Å². The summed E-state index contributed by atoms with van der Waals surface area (Å²) in [6, 6.07) is 2.15. The van der Waals surface area contributed by atoms with E-state index in [4.69, 9.17) is 4.74 Å². The molecule has 0 saturated carbocycles. The van der Waals surface area contributed by atoms with Crippen LogP contribution in [-0.4, -0.2) is 47.0 Å². The summed E-state index contributed by atoms with van der Waals surface area (Å²) in [5.41, 5.74) is 2.18. The maximum atomic E-state index is 10.5. The molecular formula is C17H18BrNO3. The Morgan fingerprint density at radius 2 is 2.23 bits per heavy atom. The quantitative estimate of drug-likeness (QED) is 0.692. The molecule has 2 aliphatic carbocycles. The van der Waals surface area contributed by atoms with Gasteiger partial charge in [-0.05, 0) is 38.1 Å². The highest BCUT2D eigenvalue weighted by Gasteiger charge is 2.64. The molecular weight excluding hydrogens is 346 g/mol. The number of aliphatic hydroxyl groups is 1. The van der Waals surface area contributed by atoms with E-state index in [1.165, 1.54) is 5.56 Å². The van der Waals surface area contributed by atoms with Gasteiger partial charge in [0.2, 0.25) is 0 Å². The van der Waals surface area contributed by atoms with Gasteiger partial charge in [-0.3, -0.25) is 0 Å². The summed E-state index contributed by atoms with van der Waals surface area (Å²) in [6.07, 6.45) is 5.06. The highest BCUT2D eigenvalue weighted by molar-refractivity contribution is 9.10. The molecule has 0 amide bonds. The molecule has 0 aromatic heterocycles. The average molecular weight is 364 g/mol. The summed E-state index contributed by atoms with van der Waals surface area (Å²) >= 11 is 3.63. The largest absolute Gasteiger partial charge is 0.504 e. The highest BCUT2D eigenvalue weighted by Crippen LogP contribution is 2.63. The number of likely N-dealkylation sites (N-methyl/N-ethyl adjacent to an activating group) is 1. The Morgan fingerprint density at radius 1 is 1.41 bits per heavy atom. The van der Waals surface area contributed by atoms with Gasteiger partial charge in [-0.15, -0.1) is 0 Å². The van der Waals surface area contributed by atoms with Gasteiger partial charge in [0.05, 0.1) is 0 Å². The SMILES string of the molecule is CN1CCC23c4c5c(Br)cc(O)c4OC2C(O)C=CC3C1C5. The van der Waals surface area contributed by atoms with E-state index >= 15 is 0 Å². The van der Waals surface area contributed by atoms with Gasteiger partial charge in [0, 0.05) is 27.4 Å². The normalized spacial score (nSPS) is 41.2. The molecule has 2 bridgehead atoms. The Labute approximate surface area is 137 Å². The Bertz CT molecular complexity index is 718. The third-order valence-electron chi connectivity index (χ3n) is 6.22. The van der Waals surface area contributed by atoms with Crippen molar-refractivity contribution in [2.24, 2.45) is 5.92 Å². The summed E-state index contributed by atoms with van der Waals surface area (Å²) in [5.74, 6) is 1.11. The zero-order valence-electron chi connectivity index (χ0n) is 12.3. The standard InChI is InChI=1S/C17H18BrNO3/c1-19-5-4-17-9-2-3-12(20)16(17)22-15-13(21)7-10(18)8(14(15)17)6-11(9)19/h2-3,7,9,11-12,16,20-21H,4-6H2,1H3. The van der Waals surface area contributed by atoms with Gasteiger partial charge in [0.15, 0.2) is 11.5 Å². The van der Waals surface area contributed by atoms with Crippen LogP contribution in [0.5, 0.6) is 11.5 Å². The van der Waals surface area contributed by atoms with Crippen LogP contribution in [0.4, 0.5) is 0 Å². The van der Waals surface area contributed by atoms with Crippen molar-refractivity contribution < 1.29 is 14.9 Å². The minimum Gasteiger partial charge on any atom is -0.504 e. The molecule has 1 fully saturated rings. The number of likely N-dealkylation sites (tertiary alicyclic amines) is 1. The molecule has 116 valence electrons. The maximum Gasteiger partial charge on any atom is 0.165 e. The highest BCUT2D eigenvalue weighted by atomic mass is 79.9. The fourth-order valence-corrected chi connectivity index (χ4v) is 5.86. The van der Waals surface area contributed by atoms with E-state index in [0.717, 1.165) is 29.4 Å². The number of ether oxygens (including phenoxy) is 1. The third-order valence-corrected chi connectivity index (χ3v) is 6.93. The first-order valence-corrected chi connectivity index (χ1v) is 8.61. The van der Waals surface area contributed by atoms with Crippen LogP contribution < -0.4 is 4.74 Å². The second-order valence-corrected chi connectivity index (χ2v) is 7.90. The Hall–Kier alpha value is -1.04. The maximum absolute atomic E-state index is 10.5. The average Bonchev–Trinajstić information content (AvgIpc) is 2.83. The summed E-state index contributed by atoms with van der Waals surface area (Å²) in [6.45, 7) is 0.994. The number of piperidine rings is 1. The summed E-state index contributed by atoms with van der Waals surface area (Å²) in [7, 11) is 2.18. The first-order valence-electron chi connectivity index (χ1n) is 7.82. The monoisotopic (exact) mass is 363 g/mol. The fraction of sp³-hybridized carbons (Fsp3) is 0.529. The summed E-state index contributed by atoms with van der Waals surface area (Å²) < 4.78 is 7.08. The van der Waals surface area contributed by atoms with E-state index in [0.29, 0.717) is 17.7 Å². The zero-order chi connectivity index (χ0) is 15.2. The lowest BCUT2D eigenvalue weighted by atomic mass is 9.53. The lowest BCUT2D eigenvalue weighted by molar-refractivity contribution is -0.0454. The number of aromatic hydroxyl groups is 1. The van der Waals surface area contributed by atoms with Crippen molar-refractivity contribution in [1.82, 2.24) is 4.90 Å². The number of aliphatic hydroxyl groups excluding tert-OH is 1. The number of nitrogens with zero attached hydrogens (tertiary/aromatic N) is 1. The molecule has 4 nitrogen and oxygen atoms in total. The first kappa shape index (κ1) is 13.4. The van der Waals surface area contributed by atoms with Gasteiger partial charge in [-0.1, -0.05) is 28.1 Å². The summed E-state index contributed by atoms with van der Waals surface area (Å²) in [5, 5.41) is 20.9. The molecule has 0 radical (unpaired) electrons. The van der Waals surface area contributed by atoms with Crippen LogP contribution in [-0.2, 0) is 11.8 Å². The van der Waals surface area contributed by atoms with Crippen LogP contribution in [0.3, 0.4) is 0 Å². The minimum atomic E-state index is -0.614. The Kier molecular flexibility index (Phi) is 2.48. The van der Waals surface area contributed by atoms with Crippen molar-refractivity contribution in [2.75, 3.05) is 13.6 Å². The number of benzene rings is 1. The number of hydrogen-bond acceptors (Lipinski definition) is 4. The van der Waals surface area contributed by atoms with Crippen LogP contribution in [0.15, 0.2) is 22.7 Å². The van der Waals surface area contributed by atoms with E-state index in [1.54, 1.807) is 6.07 Å². The number of rotatable bonds is 0. The van der Waals surface area contributed by atoms with Crippen molar-refractivity contribution in [2.45, 2.75) is 36.5 Å². The predicted octanol–water partition coefficient (Wildman–Crippen LogP) is 1.96. The third kappa shape index (κ3) is 1.32. The first-order chi connectivity index (χ1) is 10.5. The number of halogens is 1. The molecule has 1 saturated heterocycles. The number of phenolic OH excluding ortho intramolecular Hbond substituents is 1. The van der Waals surface area contributed by atoms with E-state index in [2.05, 4.69) is 34.0 Å². The number of phenols is 1. The molecule has 1 aromatic rings. The molecule has 2 heterocycles. The van der Waals surface area contributed by atoms with Crippen LogP contribution in [0.25, 0.3) is 0 Å². The molecule has 1 aromatic carbocycles. The van der Waals surface area contributed by atoms with Crippen LogP contribution >= 0.6 is 15.9 Å². The molecule has 5 heteroatoms. The second-order valence-electron chi connectivity index (χ2n) is 7.04. The molecule has 22 heavy (non-hydrogen) atoms. The van der Waals surface area contributed by atoms with Crippen molar-refractivity contribution in [3.05, 3.63) is 33.8 Å². The molecule has 4 aliphatic rings. The summed E-state index contributed by atoms with van der Waals surface area (Å²) in [4.78, 5) is 2.43.